The molecule has 5 aromatic rings. The number of halogens is 1. The molecule has 5 nitrogen and oxygen atoms in total. The van der Waals surface area contributed by atoms with Gasteiger partial charge in [0.1, 0.15) is 5.82 Å². The van der Waals surface area contributed by atoms with Gasteiger partial charge in [0.2, 0.25) is 5.91 Å². The Labute approximate surface area is 227 Å². The van der Waals surface area contributed by atoms with E-state index in [-0.39, 0.29) is 17.5 Å². The van der Waals surface area contributed by atoms with Gasteiger partial charge in [-0.15, -0.1) is 11.3 Å². The van der Waals surface area contributed by atoms with Gasteiger partial charge < -0.3 is 10.6 Å². The molecule has 0 fully saturated rings. The van der Waals surface area contributed by atoms with Crippen LogP contribution in [0.4, 0.5) is 15.8 Å². The number of nitrogens with one attached hydrogen (secondary N) is 2. The van der Waals surface area contributed by atoms with Crippen LogP contribution >= 0.6 is 23.1 Å². The van der Waals surface area contributed by atoms with Crippen molar-refractivity contribution in [2.24, 2.45) is 0 Å². The van der Waals surface area contributed by atoms with E-state index < -0.39 is 5.82 Å². The summed E-state index contributed by atoms with van der Waals surface area (Å²) < 4.78 is 15.7. The van der Waals surface area contributed by atoms with Gasteiger partial charge in [0, 0.05) is 23.1 Å². The van der Waals surface area contributed by atoms with Gasteiger partial charge in [-0.25, -0.2) is 9.37 Å². The zero-order valence-electron chi connectivity index (χ0n) is 20.1. The number of anilines is 2. The molecule has 0 aliphatic heterocycles. The van der Waals surface area contributed by atoms with Crippen LogP contribution in [0.3, 0.4) is 0 Å². The number of hydrogen-bond donors (Lipinski definition) is 2. The minimum atomic E-state index is -0.473. The molecule has 0 unspecified atom stereocenters. The molecular formula is C30H22FN3O2S2. The van der Waals surface area contributed by atoms with E-state index >= 15 is 0 Å². The zero-order chi connectivity index (χ0) is 26.3. The van der Waals surface area contributed by atoms with E-state index in [1.807, 2.05) is 60.7 Å². The van der Waals surface area contributed by atoms with Crippen LogP contribution in [0.2, 0.25) is 0 Å². The number of para-hydroxylation sites is 1. The molecule has 1 heterocycles. The van der Waals surface area contributed by atoms with Gasteiger partial charge >= 0.3 is 0 Å². The Kier molecular flexibility index (Phi) is 7.92. The molecule has 188 valence electrons. The number of rotatable bonds is 8. The van der Waals surface area contributed by atoms with Crippen molar-refractivity contribution in [1.82, 2.24) is 4.98 Å². The Morgan fingerprint density at radius 3 is 2.45 bits per heavy atom. The number of amides is 2. The van der Waals surface area contributed by atoms with E-state index in [0.717, 1.165) is 25.7 Å². The minimum absolute atomic E-state index is 0.152. The fourth-order valence-corrected chi connectivity index (χ4v) is 5.68. The summed E-state index contributed by atoms with van der Waals surface area (Å²) in [5.41, 5.74) is 4.19. The Morgan fingerprint density at radius 2 is 1.66 bits per heavy atom. The summed E-state index contributed by atoms with van der Waals surface area (Å²) in [4.78, 5) is 29.4. The Bertz CT molecular complexity index is 1620. The number of hydrogen-bond acceptors (Lipinski definition) is 5. The molecule has 0 bridgehead atoms. The lowest BCUT2D eigenvalue weighted by molar-refractivity contribution is -0.111. The van der Waals surface area contributed by atoms with Crippen molar-refractivity contribution < 1.29 is 14.0 Å². The number of benzene rings is 4. The molecule has 0 atom stereocenters. The van der Waals surface area contributed by atoms with Crippen LogP contribution in [-0.4, -0.2) is 16.8 Å². The molecule has 38 heavy (non-hydrogen) atoms. The quantitative estimate of drug-likeness (QED) is 0.157. The van der Waals surface area contributed by atoms with E-state index in [9.17, 15) is 14.0 Å². The summed E-state index contributed by atoms with van der Waals surface area (Å²) in [7, 11) is 0. The minimum Gasteiger partial charge on any atom is -0.322 e. The molecule has 0 aliphatic carbocycles. The first-order valence-electron chi connectivity index (χ1n) is 11.8. The first kappa shape index (κ1) is 25.4. The van der Waals surface area contributed by atoms with Crippen molar-refractivity contribution in [3.63, 3.8) is 0 Å². The lowest BCUT2D eigenvalue weighted by Crippen LogP contribution is -2.12. The van der Waals surface area contributed by atoms with Crippen LogP contribution in [0.1, 0.15) is 21.5 Å². The van der Waals surface area contributed by atoms with Gasteiger partial charge in [-0.1, -0.05) is 66.4 Å². The lowest BCUT2D eigenvalue weighted by Gasteiger charge is -2.07. The van der Waals surface area contributed by atoms with Crippen LogP contribution in [-0.2, 0) is 10.5 Å². The molecule has 8 heteroatoms. The van der Waals surface area contributed by atoms with E-state index in [4.69, 9.17) is 0 Å². The van der Waals surface area contributed by atoms with E-state index in [2.05, 4.69) is 15.6 Å². The summed E-state index contributed by atoms with van der Waals surface area (Å²) in [6, 6.07) is 28.6. The third kappa shape index (κ3) is 6.53. The number of nitrogens with zero attached hydrogens (tertiary/aromatic N) is 1. The second-order valence-corrected chi connectivity index (χ2v) is 10.6. The summed E-state index contributed by atoms with van der Waals surface area (Å²) in [6.45, 7) is 0. The summed E-state index contributed by atoms with van der Waals surface area (Å²) in [6.07, 6.45) is 3.29. The van der Waals surface area contributed by atoms with Crippen LogP contribution in [0.25, 0.3) is 16.3 Å². The number of thioether (sulfide) groups is 1. The largest absolute Gasteiger partial charge is 0.322 e. The smallest absolute Gasteiger partial charge is 0.255 e. The monoisotopic (exact) mass is 539 g/mol. The molecule has 4 aromatic carbocycles. The topological polar surface area (TPSA) is 71.1 Å². The average Bonchev–Trinajstić information content (AvgIpc) is 3.35. The van der Waals surface area contributed by atoms with Crippen LogP contribution in [0.5, 0.6) is 0 Å². The fourth-order valence-electron chi connectivity index (χ4n) is 3.62. The van der Waals surface area contributed by atoms with Crippen LogP contribution in [0.15, 0.2) is 107 Å². The second-order valence-electron chi connectivity index (χ2n) is 8.32. The van der Waals surface area contributed by atoms with Gasteiger partial charge in [0.05, 0.1) is 15.9 Å². The molecule has 5 rings (SSSR count). The van der Waals surface area contributed by atoms with Crippen molar-refractivity contribution in [2.75, 3.05) is 10.6 Å². The Balaban J connectivity index is 1.17. The predicted molar refractivity (Wildman–Crippen MR) is 154 cm³/mol. The normalized spacial score (nSPS) is 11.1. The molecule has 0 saturated heterocycles. The zero-order valence-corrected chi connectivity index (χ0v) is 21.7. The predicted octanol–water partition coefficient (Wildman–Crippen LogP) is 7.63. The highest BCUT2D eigenvalue weighted by Gasteiger charge is 2.10. The highest BCUT2D eigenvalue weighted by molar-refractivity contribution is 8.00. The Morgan fingerprint density at radius 1 is 0.895 bits per heavy atom. The van der Waals surface area contributed by atoms with E-state index in [1.165, 1.54) is 18.2 Å². The molecule has 2 amide bonds. The molecule has 0 saturated carbocycles. The number of carbonyl (C=O) groups is 2. The second kappa shape index (κ2) is 11.9. The number of aromatic nitrogens is 1. The highest BCUT2D eigenvalue weighted by atomic mass is 32.2. The maximum Gasteiger partial charge on any atom is 0.255 e. The van der Waals surface area contributed by atoms with Crippen molar-refractivity contribution in [1.29, 1.82) is 0 Å². The first-order valence-corrected chi connectivity index (χ1v) is 13.6. The van der Waals surface area contributed by atoms with Gasteiger partial charge in [-0.3, -0.25) is 9.59 Å². The van der Waals surface area contributed by atoms with E-state index in [0.29, 0.717) is 17.0 Å². The SMILES string of the molecule is O=C(C=Cc1ccccc1)Nc1ccc2nc(SCc3ccc(C(=O)Nc4ccccc4F)cc3)sc2c1. The third-order valence-electron chi connectivity index (χ3n) is 5.56. The summed E-state index contributed by atoms with van der Waals surface area (Å²) in [5.74, 6) is -0.348. The summed E-state index contributed by atoms with van der Waals surface area (Å²) >= 11 is 3.16. The maximum atomic E-state index is 13.8. The average molecular weight is 540 g/mol. The fraction of sp³-hybridized carbons (Fsp3) is 0.0333. The maximum absolute atomic E-state index is 13.8. The molecular weight excluding hydrogens is 517 g/mol. The van der Waals surface area contributed by atoms with Gasteiger partial charge in [-0.2, -0.15) is 0 Å². The van der Waals surface area contributed by atoms with Gasteiger partial charge in [-0.05, 0) is 59.7 Å². The van der Waals surface area contributed by atoms with Gasteiger partial charge in [0.15, 0.2) is 4.34 Å². The van der Waals surface area contributed by atoms with Crippen LogP contribution < -0.4 is 10.6 Å². The number of carbonyl (C=O) groups excluding carboxylic acids is 2. The van der Waals surface area contributed by atoms with E-state index in [1.54, 1.807) is 53.4 Å². The standard InChI is InChI=1S/C30H22FN3O2S2/c31-24-8-4-5-9-25(24)33-29(36)22-13-10-21(11-14-22)19-37-30-34-26-16-15-23(18-27(26)38-30)32-28(35)17-12-20-6-2-1-3-7-20/h1-18H,19H2,(H,32,35)(H,33,36). The lowest BCUT2D eigenvalue weighted by atomic mass is 10.1. The van der Waals surface area contributed by atoms with Crippen molar-refractivity contribution in [3.8, 4) is 0 Å². The highest BCUT2D eigenvalue weighted by Crippen LogP contribution is 2.33. The number of fused-ring (bicyclic) bond motifs is 1. The van der Waals surface area contributed by atoms with Crippen molar-refractivity contribution >= 4 is 62.6 Å². The van der Waals surface area contributed by atoms with Crippen molar-refractivity contribution in [2.45, 2.75) is 10.1 Å². The molecule has 2 N–H and O–H groups in total. The van der Waals surface area contributed by atoms with Crippen molar-refractivity contribution in [3.05, 3.63) is 126 Å². The first-order chi connectivity index (χ1) is 18.5. The molecule has 0 radical (unpaired) electrons. The third-order valence-corrected chi connectivity index (χ3v) is 7.80. The van der Waals surface area contributed by atoms with Gasteiger partial charge in [0.25, 0.3) is 5.91 Å². The Hall–Kier alpha value is -4.27. The molecule has 0 spiro atoms. The number of thiazole rings is 1. The molecule has 1 aromatic heterocycles. The van der Waals surface area contributed by atoms with Crippen LogP contribution in [0, 0.1) is 5.82 Å². The molecule has 0 aliphatic rings. The summed E-state index contributed by atoms with van der Waals surface area (Å²) in [5, 5.41) is 5.49.